The Balaban J connectivity index is 1.48. The number of aliphatic imine (C=N–C) groups is 1. The van der Waals surface area contributed by atoms with E-state index in [1.807, 2.05) is 6.92 Å². The van der Waals surface area contributed by atoms with Gasteiger partial charge in [-0.05, 0) is 30.8 Å². The monoisotopic (exact) mass is 458 g/mol. The molecule has 1 aliphatic rings. The van der Waals surface area contributed by atoms with Crippen molar-refractivity contribution in [1.29, 1.82) is 0 Å². The number of nitrogens with zero attached hydrogens (tertiary/aromatic N) is 4. The molecule has 3 N–H and O–H groups in total. The van der Waals surface area contributed by atoms with Gasteiger partial charge in [0, 0.05) is 36.9 Å². The number of alkyl halides is 3. The van der Waals surface area contributed by atoms with Crippen molar-refractivity contribution in [3.63, 3.8) is 0 Å². The molecule has 0 radical (unpaired) electrons. The van der Waals surface area contributed by atoms with E-state index in [-0.39, 0.29) is 36.1 Å². The third kappa shape index (κ3) is 4.63. The largest absolute Gasteiger partial charge is 0.416 e. The zero-order valence-corrected chi connectivity index (χ0v) is 17.9. The maximum Gasteiger partial charge on any atom is 0.416 e. The first-order chi connectivity index (χ1) is 15.7. The summed E-state index contributed by atoms with van der Waals surface area (Å²) in [5, 5.41) is 6.99. The van der Waals surface area contributed by atoms with Gasteiger partial charge in [-0.3, -0.25) is 4.79 Å². The highest BCUT2D eigenvalue weighted by Gasteiger charge is 2.32. The molecule has 3 aromatic rings. The molecule has 0 unspecified atom stereocenters. The lowest BCUT2D eigenvalue weighted by molar-refractivity contribution is -0.137. The van der Waals surface area contributed by atoms with Gasteiger partial charge in [0.25, 0.3) is 0 Å². The van der Waals surface area contributed by atoms with Crippen molar-refractivity contribution in [3.8, 4) is 0 Å². The van der Waals surface area contributed by atoms with E-state index in [2.05, 4.69) is 25.4 Å². The molecule has 172 valence electrons. The Morgan fingerprint density at radius 2 is 2.06 bits per heavy atom. The molecule has 0 aliphatic carbocycles. The zero-order chi connectivity index (χ0) is 23.8. The quantitative estimate of drug-likeness (QED) is 0.516. The second kappa shape index (κ2) is 8.74. The van der Waals surface area contributed by atoms with Crippen LogP contribution in [0.2, 0.25) is 0 Å². The number of rotatable bonds is 7. The molecule has 0 spiro atoms. The third-order valence-corrected chi connectivity index (χ3v) is 5.43. The first-order valence-electron chi connectivity index (χ1n) is 10.2. The Labute approximate surface area is 187 Å². The molecular weight excluding hydrogens is 437 g/mol. The second-order valence-corrected chi connectivity index (χ2v) is 7.84. The van der Waals surface area contributed by atoms with Crippen LogP contribution in [0.25, 0.3) is 0 Å². The number of nitrogens with one attached hydrogen (secondary N) is 1. The predicted molar refractivity (Wildman–Crippen MR) is 114 cm³/mol. The molecule has 3 heterocycles. The van der Waals surface area contributed by atoms with Crippen molar-refractivity contribution >= 4 is 23.0 Å². The van der Waals surface area contributed by atoms with Crippen LogP contribution in [0.4, 0.5) is 24.7 Å². The van der Waals surface area contributed by atoms with Gasteiger partial charge in [-0.15, -0.1) is 0 Å². The van der Waals surface area contributed by atoms with Gasteiger partial charge in [-0.25, -0.2) is 15.0 Å². The SMILES string of the molecule is CNCc1c(N)ncnc1C(=O)C[C@H](C)c1cc(C2=Nc3ccc(C(F)(F)F)cc3C2)on1. The molecule has 33 heavy (non-hydrogen) atoms. The Morgan fingerprint density at radius 1 is 1.27 bits per heavy atom. The van der Waals surface area contributed by atoms with Gasteiger partial charge in [0.15, 0.2) is 11.5 Å². The van der Waals surface area contributed by atoms with E-state index in [1.54, 1.807) is 13.1 Å². The first-order valence-corrected chi connectivity index (χ1v) is 10.2. The zero-order valence-electron chi connectivity index (χ0n) is 17.9. The highest BCUT2D eigenvalue weighted by atomic mass is 19.4. The lowest BCUT2D eigenvalue weighted by atomic mass is 9.97. The van der Waals surface area contributed by atoms with Gasteiger partial charge in [0.1, 0.15) is 17.8 Å². The molecule has 0 amide bonds. The summed E-state index contributed by atoms with van der Waals surface area (Å²) in [5.41, 5.74) is 7.92. The number of hydrogen-bond acceptors (Lipinski definition) is 8. The number of carbonyl (C=O) groups is 1. The smallest absolute Gasteiger partial charge is 0.383 e. The second-order valence-electron chi connectivity index (χ2n) is 7.84. The number of anilines is 1. The van der Waals surface area contributed by atoms with E-state index in [0.29, 0.717) is 40.5 Å². The first kappa shape index (κ1) is 22.6. The normalized spacial score (nSPS) is 14.2. The summed E-state index contributed by atoms with van der Waals surface area (Å²) in [6.45, 7) is 2.18. The van der Waals surface area contributed by atoms with Crippen molar-refractivity contribution in [1.82, 2.24) is 20.4 Å². The van der Waals surface area contributed by atoms with E-state index >= 15 is 0 Å². The highest BCUT2D eigenvalue weighted by Crippen LogP contribution is 2.36. The summed E-state index contributed by atoms with van der Waals surface area (Å²) in [5.74, 6) is 0.0919. The van der Waals surface area contributed by atoms with E-state index in [4.69, 9.17) is 10.3 Å². The van der Waals surface area contributed by atoms with Crippen LogP contribution in [0.1, 0.15) is 57.9 Å². The number of hydrogen-bond donors (Lipinski definition) is 2. The van der Waals surface area contributed by atoms with Gasteiger partial charge >= 0.3 is 6.18 Å². The van der Waals surface area contributed by atoms with Crippen molar-refractivity contribution in [2.24, 2.45) is 4.99 Å². The van der Waals surface area contributed by atoms with Crippen molar-refractivity contribution < 1.29 is 22.5 Å². The van der Waals surface area contributed by atoms with Crippen LogP contribution in [0.15, 0.2) is 40.1 Å². The van der Waals surface area contributed by atoms with Crippen LogP contribution in [0.3, 0.4) is 0 Å². The molecule has 1 aliphatic heterocycles. The van der Waals surface area contributed by atoms with E-state index < -0.39 is 11.7 Å². The van der Waals surface area contributed by atoms with Crippen LogP contribution < -0.4 is 11.1 Å². The van der Waals surface area contributed by atoms with Gasteiger partial charge < -0.3 is 15.6 Å². The number of nitrogens with two attached hydrogens (primary N) is 1. The molecule has 4 rings (SSSR count). The minimum absolute atomic E-state index is 0.112. The third-order valence-electron chi connectivity index (χ3n) is 5.43. The average Bonchev–Trinajstić information content (AvgIpc) is 3.41. The topological polar surface area (TPSA) is 119 Å². The van der Waals surface area contributed by atoms with Crippen LogP contribution in [0.5, 0.6) is 0 Å². The molecule has 11 heteroatoms. The minimum atomic E-state index is -4.42. The number of nitrogen functional groups attached to an aromatic ring is 1. The molecule has 1 atom stereocenters. The van der Waals surface area contributed by atoms with Crippen LogP contribution >= 0.6 is 0 Å². The van der Waals surface area contributed by atoms with Crippen LogP contribution in [-0.2, 0) is 19.1 Å². The Bertz CT molecular complexity index is 1240. The molecular formula is C22H21F3N6O2. The van der Waals surface area contributed by atoms with E-state index in [9.17, 15) is 18.0 Å². The molecule has 0 saturated carbocycles. The summed E-state index contributed by atoms with van der Waals surface area (Å²) in [6.07, 6.45) is -2.85. The van der Waals surface area contributed by atoms with Crippen molar-refractivity contribution in [2.75, 3.05) is 12.8 Å². The van der Waals surface area contributed by atoms with E-state index in [1.165, 1.54) is 12.4 Å². The lowest BCUT2D eigenvalue weighted by Crippen LogP contribution is -2.17. The van der Waals surface area contributed by atoms with Crippen molar-refractivity contribution in [3.05, 3.63) is 64.4 Å². The maximum absolute atomic E-state index is 13.0. The Kier molecular flexibility index (Phi) is 5.98. The minimum Gasteiger partial charge on any atom is -0.383 e. The standard InChI is InChI=1S/C22H21F3N6O2/c1-11(5-18(32)20-14(9-27-2)21(26)29-10-28-20)16-8-19(33-31-16)17-7-12-6-13(22(23,24)25)3-4-15(12)30-17/h3-4,6,8,10-11,27H,5,7,9H2,1-2H3,(H2,26,28,29)/t11-/m0/s1. The maximum atomic E-state index is 13.0. The van der Waals surface area contributed by atoms with Gasteiger partial charge in [0.2, 0.25) is 0 Å². The number of halogens is 3. The highest BCUT2D eigenvalue weighted by molar-refractivity contribution is 6.04. The summed E-state index contributed by atoms with van der Waals surface area (Å²) >= 11 is 0. The van der Waals surface area contributed by atoms with Gasteiger partial charge in [-0.1, -0.05) is 12.1 Å². The van der Waals surface area contributed by atoms with Crippen LogP contribution in [0, 0.1) is 0 Å². The number of Topliss-reactive ketones (excluding diaryl/α,β-unsaturated/α-hetero) is 1. The Hall–Kier alpha value is -3.60. The average molecular weight is 458 g/mol. The number of ketones is 1. The molecule has 8 nitrogen and oxygen atoms in total. The summed E-state index contributed by atoms with van der Waals surface area (Å²) in [6, 6.07) is 5.11. The Morgan fingerprint density at radius 3 is 2.79 bits per heavy atom. The number of fused-ring (bicyclic) bond motifs is 1. The molecule has 1 aromatic carbocycles. The lowest BCUT2D eigenvalue weighted by Gasteiger charge is -2.11. The fraction of sp³-hybridized carbons (Fsp3) is 0.318. The number of aromatic nitrogens is 3. The predicted octanol–water partition coefficient (Wildman–Crippen LogP) is 3.84. The summed E-state index contributed by atoms with van der Waals surface area (Å²) < 4.78 is 44.3. The fourth-order valence-corrected chi connectivity index (χ4v) is 3.67. The molecule has 0 bridgehead atoms. The summed E-state index contributed by atoms with van der Waals surface area (Å²) in [4.78, 5) is 25.3. The molecule has 0 fully saturated rings. The number of carbonyl (C=O) groups excluding carboxylic acids is 1. The van der Waals surface area contributed by atoms with Crippen LogP contribution in [-0.4, -0.2) is 33.7 Å². The van der Waals surface area contributed by atoms with Gasteiger partial charge in [0.05, 0.1) is 22.7 Å². The fourth-order valence-electron chi connectivity index (χ4n) is 3.67. The van der Waals surface area contributed by atoms with E-state index in [0.717, 1.165) is 12.1 Å². The summed E-state index contributed by atoms with van der Waals surface area (Å²) in [7, 11) is 1.73. The molecule has 0 saturated heterocycles. The number of benzene rings is 1. The van der Waals surface area contributed by atoms with Crippen molar-refractivity contribution in [2.45, 2.75) is 38.4 Å². The van der Waals surface area contributed by atoms with Gasteiger partial charge in [-0.2, -0.15) is 13.2 Å². The molecule has 2 aromatic heterocycles.